The van der Waals surface area contributed by atoms with Gasteiger partial charge in [0.15, 0.2) is 5.75 Å². The molecule has 0 bridgehead atoms. The first kappa shape index (κ1) is 17.0. The number of hydrogen-bond donors (Lipinski definition) is 2. The molecule has 2 aromatic rings. The molecule has 2 atom stereocenters. The van der Waals surface area contributed by atoms with E-state index in [9.17, 15) is 4.79 Å². The Labute approximate surface area is 137 Å². The number of amides is 1. The zero-order chi connectivity index (χ0) is 17.0. The highest BCUT2D eigenvalue weighted by Gasteiger charge is 2.18. The third-order valence-corrected chi connectivity index (χ3v) is 3.97. The first-order valence-corrected chi connectivity index (χ1v) is 7.79. The summed E-state index contributed by atoms with van der Waals surface area (Å²) in [6, 6.07) is 13.2. The molecule has 0 aliphatic rings. The number of rotatable bonds is 5. The number of hydrogen-bond acceptors (Lipinski definition) is 3. The van der Waals surface area contributed by atoms with Gasteiger partial charge in [-0.2, -0.15) is 0 Å². The van der Waals surface area contributed by atoms with Crippen LogP contribution in [-0.2, 0) is 4.79 Å². The van der Waals surface area contributed by atoms with Crippen molar-refractivity contribution in [3.8, 4) is 11.5 Å². The molecule has 23 heavy (non-hydrogen) atoms. The number of anilines is 1. The number of aryl methyl sites for hydroxylation is 2. The Morgan fingerprint density at radius 2 is 1.65 bits per heavy atom. The molecule has 0 fully saturated rings. The van der Waals surface area contributed by atoms with Crippen LogP contribution in [0.15, 0.2) is 42.5 Å². The van der Waals surface area contributed by atoms with Crippen LogP contribution >= 0.6 is 0 Å². The van der Waals surface area contributed by atoms with Crippen LogP contribution < -0.4 is 15.8 Å². The normalized spacial score (nSPS) is 13.3. The topological polar surface area (TPSA) is 64.3 Å². The van der Waals surface area contributed by atoms with Crippen molar-refractivity contribution >= 4 is 11.6 Å². The lowest BCUT2D eigenvalue weighted by atomic mass is 10.0. The number of nitrogens with two attached hydrogens (primary N) is 1. The van der Waals surface area contributed by atoms with Gasteiger partial charge in [0.1, 0.15) is 5.75 Å². The number of nitrogens with one attached hydrogen (secondary N) is 1. The van der Waals surface area contributed by atoms with Crippen LogP contribution in [0.1, 0.15) is 25.0 Å². The fourth-order valence-electron chi connectivity index (χ4n) is 2.21. The molecule has 0 spiro atoms. The predicted octanol–water partition coefficient (Wildman–Crippen LogP) is 4.02. The Kier molecular flexibility index (Phi) is 5.40. The van der Waals surface area contributed by atoms with Gasteiger partial charge >= 0.3 is 0 Å². The highest BCUT2D eigenvalue weighted by molar-refractivity contribution is 5.94. The van der Waals surface area contributed by atoms with E-state index in [0.717, 1.165) is 16.9 Å². The van der Waals surface area contributed by atoms with Crippen molar-refractivity contribution < 1.29 is 9.53 Å². The molecule has 3 N–H and O–H groups in total. The molecule has 122 valence electrons. The highest BCUT2D eigenvalue weighted by Crippen LogP contribution is 2.33. The number of benzene rings is 2. The van der Waals surface area contributed by atoms with Crippen molar-refractivity contribution in [1.82, 2.24) is 0 Å². The van der Waals surface area contributed by atoms with Crippen LogP contribution in [0.25, 0.3) is 0 Å². The van der Waals surface area contributed by atoms with Crippen molar-refractivity contribution in [2.24, 2.45) is 11.7 Å². The van der Waals surface area contributed by atoms with Crippen LogP contribution in [0.2, 0.25) is 0 Å². The van der Waals surface area contributed by atoms with Gasteiger partial charge in [-0.15, -0.1) is 0 Å². The Morgan fingerprint density at radius 1 is 1.04 bits per heavy atom. The Bertz CT molecular complexity index is 675. The minimum atomic E-state index is -0.275. The number of ether oxygens (including phenoxy) is 1. The minimum absolute atomic E-state index is 0.113. The second-order valence-electron chi connectivity index (χ2n) is 5.96. The molecule has 2 aromatic carbocycles. The zero-order valence-electron chi connectivity index (χ0n) is 14.1. The first-order valence-electron chi connectivity index (χ1n) is 7.79. The molecule has 4 nitrogen and oxygen atoms in total. The van der Waals surface area contributed by atoms with Crippen LogP contribution in [0.4, 0.5) is 5.69 Å². The second-order valence-corrected chi connectivity index (χ2v) is 5.96. The SMILES string of the molecule is Cc1cccc(C)c1Oc1ccccc1NC(=O)C(C)C(C)N. The van der Waals surface area contributed by atoms with Crippen LogP contribution in [0.3, 0.4) is 0 Å². The lowest BCUT2D eigenvalue weighted by Crippen LogP contribution is -2.34. The third-order valence-electron chi connectivity index (χ3n) is 3.97. The first-order chi connectivity index (χ1) is 10.9. The quantitative estimate of drug-likeness (QED) is 0.876. The Morgan fingerprint density at radius 3 is 2.26 bits per heavy atom. The lowest BCUT2D eigenvalue weighted by molar-refractivity contribution is -0.119. The monoisotopic (exact) mass is 312 g/mol. The summed E-state index contributed by atoms with van der Waals surface area (Å²) in [6.07, 6.45) is 0. The summed E-state index contributed by atoms with van der Waals surface area (Å²) in [5.41, 5.74) is 8.55. The van der Waals surface area contributed by atoms with Gasteiger partial charge in [0.2, 0.25) is 5.91 Å². The van der Waals surface area contributed by atoms with E-state index in [-0.39, 0.29) is 17.9 Å². The maximum Gasteiger partial charge on any atom is 0.228 e. The molecule has 4 heteroatoms. The summed E-state index contributed by atoms with van der Waals surface area (Å²) in [5.74, 6) is 1.05. The van der Waals surface area contributed by atoms with Gasteiger partial charge < -0.3 is 15.8 Å². The maximum absolute atomic E-state index is 12.2. The Hall–Kier alpha value is -2.33. The molecule has 2 rings (SSSR count). The van der Waals surface area contributed by atoms with Crippen molar-refractivity contribution in [1.29, 1.82) is 0 Å². The summed E-state index contributed by atoms with van der Waals surface area (Å²) in [5, 5.41) is 2.91. The van der Waals surface area contributed by atoms with E-state index in [1.54, 1.807) is 0 Å². The van der Waals surface area contributed by atoms with Crippen molar-refractivity contribution in [3.63, 3.8) is 0 Å². The Balaban J connectivity index is 2.26. The van der Waals surface area contributed by atoms with E-state index in [4.69, 9.17) is 10.5 Å². The van der Waals surface area contributed by atoms with Crippen molar-refractivity contribution in [3.05, 3.63) is 53.6 Å². The van der Waals surface area contributed by atoms with Gasteiger partial charge in [0, 0.05) is 6.04 Å². The van der Waals surface area contributed by atoms with Crippen LogP contribution in [0.5, 0.6) is 11.5 Å². The summed E-state index contributed by atoms with van der Waals surface area (Å²) < 4.78 is 6.07. The highest BCUT2D eigenvalue weighted by atomic mass is 16.5. The van der Waals surface area contributed by atoms with E-state index in [0.29, 0.717) is 11.4 Å². The van der Waals surface area contributed by atoms with Gasteiger partial charge in [-0.25, -0.2) is 0 Å². The molecule has 2 unspecified atom stereocenters. The molecule has 0 aliphatic heterocycles. The van der Waals surface area contributed by atoms with Gasteiger partial charge in [-0.05, 0) is 44.0 Å². The summed E-state index contributed by atoms with van der Waals surface area (Å²) in [4.78, 5) is 12.2. The smallest absolute Gasteiger partial charge is 0.228 e. The van der Waals surface area contributed by atoms with E-state index in [1.165, 1.54) is 0 Å². The predicted molar refractivity (Wildman–Crippen MR) is 93.9 cm³/mol. The molecule has 0 saturated carbocycles. The standard InChI is InChI=1S/C19H24N2O2/c1-12-8-7-9-13(2)18(12)23-17-11-6-5-10-16(17)21-19(22)14(3)15(4)20/h5-11,14-15H,20H2,1-4H3,(H,21,22). The molecule has 0 aliphatic carbocycles. The maximum atomic E-state index is 12.2. The fourth-order valence-corrected chi connectivity index (χ4v) is 2.21. The molecule has 0 radical (unpaired) electrons. The minimum Gasteiger partial charge on any atom is -0.455 e. The number of para-hydroxylation sites is 3. The molecule has 0 heterocycles. The molecular weight excluding hydrogens is 288 g/mol. The van der Waals surface area contributed by atoms with E-state index in [1.807, 2.05) is 70.2 Å². The van der Waals surface area contributed by atoms with E-state index >= 15 is 0 Å². The van der Waals surface area contributed by atoms with Gasteiger partial charge in [-0.1, -0.05) is 37.3 Å². The van der Waals surface area contributed by atoms with E-state index < -0.39 is 0 Å². The van der Waals surface area contributed by atoms with Crippen molar-refractivity contribution in [2.45, 2.75) is 33.7 Å². The fraction of sp³-hybridized carbons (Fsp3) is 0.316. The number of carbonyl (C=O) groups excluding carboxylic acids is 1. The third kappa shape index (κ3) is 4.11. The molecular formula is C19H24N2O2. The van der Waals surface area contributed by atoms with Gasteiger partial charge in [-0.3, -0.25) is 4.79 Å². The largest absolute Gasteiger partial charge is 0.455 e. The lowest BCUT2D eigenvalue weighted by Gasteiger charge is -2.18. The zero-order valence-corrected chi connectivity index (χ0v) is 14.1. The second kappa shape index (κ2) is 7.29. The molecule has 1 amide bonds. The van der Waals surface area contributed by atoms with E-state index in [2.05, 4.69) is 5.32 Å². The van der Waals surface area contributed by atoms with Crippen molar-refractivity contribution in [2.75, 3.05) is 5.32 Å². The summed E-state index contributed by atoms with van der Waals surface area (Å²) in [6.45, 7) is 7.64. The summed E-state index contributed by atoms with van der Waals surface area (Å²) >= 11 is 0. The molecule has 0 saturated heterocycles. The molecule has 0 aromatic heterocycles. The van der Waals surface area contributed by atoms with Crippen LogP contribution in [-0.4, -0.2) is 11.9 Å². The van der Waals surface area contributed by atoms with Crippen LogP contribution in [0, 0.1) is 19.8 Å². The number of carbonyl (C=O) groups is 1. The average Bonchev–Trinajstić information content (AvgIpc) is 2.51. The summed E-state index contributed by atoms with van der Waals surface area (Å²) in [7, 11) is 0. The average molecular weight is 312 g/mol. The van der Waals surface area contributed by atoms with Gasteiger partial charge in [0.05, 0.1) is 11.6 Å². The van der Waals surface area contributed by atoms with Gasteiger partial charge in [0.25, 0.3) is 0 Å².